The summed E-state index contributed by atoms with van der Waals surface area (Å²) in [5.74, 6) is 0. The molecule has 0 aliphatic carbocycles. The molecule has 1 aliphatic rings. The van der Waals surface area contributed by atoms with Crippen molar-refractivity contribution < 1.29 is 4.74 Å². The molecule has 0 spiro atoms. The Bertz CT molecular complexity index is 467. The summed E-state index contributed by atoms with van der Waals surface area (Å²) < 4.78 is 6.38. The van der Waals surface area contributed by atoms with Crippen molar-refractivity contribution in [3.63, 3.8) is 0 Å². The summed E-state index contributed by atoms with van der Waals surface area (Å²) in [7, 11) is -1.33. The fraction of sp³-hybridized carbons (Fsp3) is 0.700. The zero-order valence-electron chi connectivity index (χ0n) is 15.6. The zero-order valence-corrected chi connectivity index (χ0v) is 16.6. The first kappa shape index (κ1) is 17.7. The Labute approximate surface area is 138 Å². The van der Waals surface area contributed by atoms with E-state index in [1.807, 2.05) is 0 Å². The second kappa shape index (κ2) is 6.12. The molecule has 2 rings (SSSR count). The van der Waals surface area contributed by atoms with Crippen LogP contribution < -0.4 is 0 Å². The molecular formula is C20H34OSi. The van der Waals surface area contributed by atoms with E-state index >= 15 is 0 Å². The smallest absolute Gasteiger partial charge is 0.0720 e. The van der Waals surface area contributed by atoms with Crippen LogP contribution in [0, 0.1) is 0 Å². The summed E-state index contributed by atoms with van der Waals surface area (Å²) in [6.07, 6.45) is 1.57. The Balaban J connectivity index is 2.09. The third kappa shape index (κ3) is 3.19. The van der Waals surface area contributed by atoms with Gasteiger partial charge in [-0.15, -0.1) is 0 Å². The van der Waals surface area contributed by atoms with Gasteiger partial charge in [0, 0.05) is 0 Å². The number of ether oxygens (including phenoxy) is 1. The molecule has 0 radical (unpaired) electrons. The van der Waals surface area contributed by atoms with Crippen molar-refractivity contribution in [2.75, 3.05) is 0 Å². The standard InChI is InChI=1S/C20H34OSi/c1-8-17(21-14-16-12-10-9-11-13-16)18-15-22(18,19(2,3)4)20(5,6)7/h9-13,17-18H,8,14-15H2,1-7H3. The van der Waals surface area contributed by atoms with E-state index in [2.05, 4.69) is 78.8 Å². The summed E-state index contributed by atoms with van der Waals surface area (Å²) >= 11 is 0. The molecule has 1 nitrogen and oxygen atoms in total. The maximum Gasteiger partial charge on any atom is 0.0720 e. The van der Waals surface area contributed by atoms with Gasteiger partial charge < -0.3 is 4.74 Å². The van der Waals surface area contributed by atoms with Crippen LogP contribution in [0.25, 0.3) is 0 Å². The van der Waals surface area contributed by atoms with Gasteiger partial charge in [0.05, 0.1) is 20.8 Å². The molecule has 1 fully saturated rings. The van der Waals surface area contributed by atoms with E-state index in [9.17, 15) is 0 Å². The minimum absolute atomic E-state index is 0.435. The average Bonchev–Trinajstić information content (AvgIpc) is 3.17. The average molecular weight is 319 g/mol. The van der Waals surface area contributed by atoms with Gasteiger partial charge in [0.1, 0.15) is 0 Å². The molecule has 0 bridgehead atoms. The van der Waals surface area contributed by atoms with Crippen molar-refractivity contribution in [1.82, 2.24) is 0 Å². The van der Waals surface area contributed by atoms with Crippen LogP contribution in [0.2, 0.25) is 21.7 Å². The molecular weight excluding hydrogens is 284 g/mol. The molecule has 0 saturated carbocycles. The maximum absolute atomic E-state index is 6.38. The predicted molar refractivity (Wildman–Crippen MR) is 99.1 cm³/mol. The topological polar surface area (TPSA) is 9.23 Å². The molecule has 22 heavy (non-hydrogen) atoms. The SMILES string of the molecule is CCC(OCc1ccccc1)C1C[Si]1(C(C)(C)C)C(C)(C)C. The second-order valence-corrected chi connectivity index (χ2v) is 15.1. The molecule has 2 heteroatoms. The highest BCUT2D eigenvalue weighted by Crippen LogP contribution is 2.73. The molecule has 0 N–H and O–H groups in total. The highest BCUT2D eigenvalue weighted by atomic mass is 28.3. The van der Waals surface area contributed by atoms with Crippen molar-refractivity contribution in [3.05, 3.63) is 35.9 Å². The third-order valence-electron chi connectivity index (χ3n) is 5.85. The molecule has 1 aromatic rings. The molecule has 124 valence electrons. The van der Waals surface area contributed by atoms with Crippen LogP contribution in [0.15, 0.2) is 30.3 Å². The van der Waals surface area contributed by atoms with Gasteiger partial charge in [0.2, 0.25) is 0 Å². The van der Waals surface area contributed by atoms with Crippen molar-refractivity contribution in [3.8, 4) is 0 Å². The molecule has 1 saturated heterocycles. The fourth-order valence-corrected chi connectivity index (χ4v) is 13.0. The Morgan fingerprint density at radius 3 is 2.00 bits per heavy atom. The number of rotatable bonds is 5. The van der Waals surface area contributed by atoms with Gasteiger partial charge in [-0.3, -0.25) is 0 Å². The van der Waals surface area contributed by atoms with E-state index in [0.29, 0.717) is 16.2 Å². The summed E-state index contributed by atoms with van der Waals surface area (Å²) in [4.78, 5) is 0. The molecule has 2 atom stereocenters. The normalized spacial score (nSPS) is 22.4. The maximum atomic E-state index is 6.38. The lowest BCUT2D eigenvalue weighted by molar-refractivity contribution is 0.0409. The number of hydrogen-bond donors (Lipinski definition) is 0. The minimum Gasteiger partial charge on any atom is -0.374 e. The lowest BCUT2D eigenvalue weighted by Crippen LogP contribution is -2.41. The van der Waals surface area contributed by atoms with E-state index in [1.165, 1.54) is 11.6 Å². The monoisotopic (exact) mass is 318 g/mol. The molecule has 1 aromatic carbocycles. The zero-order chi connectivity index (χ0) is 16.6. The van der Waals surface area contributed by atoms with E-state index in [-0.39, 0.29) is 0 Å². The molecule has 2 unspecified atom stereocenters. The predicted octanol–water partition coefficient (Wildman–Crippen LogP) is 6.41. The van der Waals surface area contributed by atoms with E-state index in [1.54, 1.807) is 0 Å². The first-order chi connectivity index (χ1) is 10.1. The van der Waals surface area contributed by atoms with Crippen LogP contribution in [0.1, 0.15) is 60.5 Å². The van der Waals surface area contributed by atoms with Crippen LogP contribution in [-0.4, -0.2) is 14.2 Å². The minimum atomic E-state index is -1.33. The Morgan fingerprint density at radius 1 is 1.05 bits per heavy atom. The quantitative estimate of drug-likeness (QED) is 0.570. The summed E-state index contributed by atoms with van der Waals surface area (Å²) in [6, 6.07) is 12.0. The van der Waals surface area contributed by atoms with Gasteiger partial charge in [-0.25, -0.2) is 0 Å². The Hall–Kier alpha value is -0.603. The lowest BCUT2D eigenvalue weighted by Gasteiger charge is -2.42. The van der Waals surface area contributed by atoms with E-state index in [4.69, 9.17) is 4.74 Å². The number of benzene rings is 1. The van der Waals surface area contributed by atoms with Crippen LogP contribution in [0.3, 0.4) is 0 Å². The fourth-order valence-electron chi connectivity index (χ4n) is 4.88. The van der Waals surface area contributed by atoms with Crippen molar-refractivity contribution in [2.24, 2.45) is 0 Å². The molecule has 1 heterocycles. The lowest BCUT2D eigenvalue weighted by atomic mass is 10.2. The summed E-state index contributed by atoms with van der Waals surface area (Å²) in [5, 5.41) is 0.916. The molecule has 0 amide bonds. The summed E-state index contributed by atoms with van der Waals surface area (Å²) in [6.45, 7) is 17.8. The first-order valence-corrected chi connectivity index (χ1v) is 11.1. The van der Waals surface area contributed by atoms with Crippen molar-refractivity contribution in [1.29, 1.82) is 0 Å². The van der Waals surface area contributed by atoms with E-state index in [0.717, 1.165) is 18.6 Å². The highest BCUT2D eigenvalue weighted by Gasteiger charge is 2.70. The molecule has 0 aromatic heterocycles. The van der Waals surface area contributed by atoms with Gasteiger partial charge in [-0.1, -0.05) is 84.8 Å². The van der Waals surface area contributed by atoms with Gasteiger partial charge in [0.25, 0.3) is 0 Å². The van der Waals surface area contributed by atoms with E-state index < -0.39 is 8.07 Å². The van der Waals surface area contributed by atoms with Crippen molar-refractivity contribution >= 4 is 8.07 Å². The van der Waals surface area contributed by atoms with Crippen molar-refractivity contribution in [2.45, 2.75) is 89.3 Å². The third-order valence-corrected chi connectivity index (χ3v) is 13.6. The van der Waals surface area contributed by atoms with Gasteiger partial charge in [0.15, 0.2) is 0 Å². The van der Waals surface area contributed by atoms with Gasteiger partial charge >= 0.3 is 0 Å². The summed E-state index contributed by atoms with van der Waals surface area (Å²) in [5.41, 5.74) is 2.11. The first-order valence-electron chi connectivity index (χ1n) is 8.79. The van der Waals surface area contributed by atoms with Crippen LogP contribution in [-0.2, 0) is 11.3 Å². The largest absolute Gasteiger partial charge is 0.374 e. The van der Waals surface area contributed by atoms with Gasteiger partial charge in [-0.05, 0) is 27.6 Å². The highest BCUT2D eigenvalue weighted by molar-refractivity contribution is 6.95. The Kier molecular flexibility index (Phi) is 4.94. The number of hydrogen-bond acceptors (Lipinski definition) is 1. The van der Waals surface area contributed by atoms with Crippen LogP contribution >= 0.6 is 0 Å². The van der Waals surface area contributed by atoms with Gasteiger partial charge in [-0.2, -0.15) is 0 Å². The second-order valence-electron chi connectivity index (χ2n) is 9.03. The Morgan fingerprint density at radius 2 is 1.59 bits per heavy atom. The van der Waals surface area contributed by atoms with Crippen LogP contribution in [0.4, 0.5) is 0 Å². The molecule has 1 aliphatic heterocycles. The van der Waals surface area contributed by atoms with Crippen LogP contribution in [0.5, 0.6) is 0 Å².